The van der Waals surface area contributed by atoms with Gasteiger partial charge in [-0.25, -0.2) is 9.37 Å². The topological polar surface area (TPSA) is 101 Å². The number of primary amides is 1. The van der Waals surface area contributed by atoms with Crippen LogP contribution < -0.4 is 11.5 Å². The molecule has 134 valence electrons. The molecule has 1 aromatic heterocycles. The number of aromatic nitrogens is 2. The van der Waals surface area contributed by atoms with Crippen molar-refractivity contribution in [3.05, 3.63) is 35.0 Å². The van der Waals surface area contributed by atoms with Gasteiger partial charge in [0.15, 0.2) is 0 Å². The zero-order valence-corrected chi connectivity index (χ0v) is 14.8. The number of aromatic amines is 1. The van der Waals surface area contributed by atoms with Crippen LogP contribution in [0.3, 0.4) is 0 Å². The maximum Gasteiger partial charge on any atom is 0.251 e. The number of amides is 1. The van der Waals surface area contributed by atoms with Crippen molar-refractivity contribution in [2.45, 2.75) is 27.2 Å². The fraction of sp³-hybridized carbons (Fsp3) is 0.444. The number of nitrogens with two attached hydrogens (primary N) is 2. The molecule has 0 radical (unpaired) electrons. The smallest absolute Gasteiger partial charge is 0.251 e. The largest absolute Gasteiger partial charge is 0.402 e. The molecule has 2 heterocycles. The monoisotopic (exact) mass is 345 g/mol. The Morgan fingerprint density at radius 3 is 2.72 bits per heavy atom. The van der Waals surface area contributed by atoms with Gasteiger partial charge < -0.3 is 21.4 Å². The summed E-state index contributed by atoms with van der Waals surface area (Å²) >= 11 is 0. The summed E-state index contributed by atoms with van der Waals surface area (Å²) in [4.78, 5) is 21.7. The van der Waals surface area contributed by atoms with E-state index in [1.807, 2.05) is 6.92 Å². The Balaban J connectivity index is 2.15. The summed E-state index contributed by atoms with van der Waals surface area (Å²) in [6.45, 7) is 8.99. The van der Waals surface area contributed by atoms with E-state index in [2.05, 4.69) is 28.7 Å². The van der Waals surface area contributed by atoms with Crippen molar-refractivity contribution in [3.63, 3.8) is 0 Å². The first kappa shape index (κ1) is 17.4. The van der Waals surface area contributed by atoms with Gasteiger partial charge in [-0.15, -0.1) is 0 Å². The minimum atomic E-state index is -0.707. The summed E-state index contributed by atoms with van der Waals surface area (Å²) in [6, 6.07) is 2.43. The number of imidazole rings is 1. The van der Waals surface area contributed by atoms with Crippen LogP contribution in [0.2, 0.25) is 0 Å². The summed E-state index contributed by atoms with van der Waals surface area (Å²) in [6.07, 6.45) is 0.957. The van der Waals surface area contributed by atoms with E-state index in [9.17, 15) is 9.18 Å². The van der Waals surface area contributed by atoms with E-state index in [-0.39, 0.29) is 11.0 Å². The molecule has 1 saturated heterocycles. The van der Waals surface area contributed by atoms with Crippen molar-refractivity contribution < 1.29 is 9.18 Å². The van der Waals surface area contributed by atoms with Gasteiger partial charge in [0.25, 0.3) is 5.91 Å². The Hall–Kier alpha value is -2.41. The number of fused-ring (bicyclic) bond motifs is 1. The number of rotatable bonds is 4. The molecular formula is C18H24FN5O. The Morgan fingerprint density at radius 1 is 1.44 bits per heavy atom. The van der Waals surface area contributed by atoms with Gasteiger partial charge in [0, 0.05) is 23.2 Å². The van der Waals surface area contributed by atoms with Crippen LogP contribution in [0.4, 0.5) is 4.39 Å². The normalized spacial score (nSPS) is 22.4. The molecule has 1 atom stereocenters. The molecule has 1 aliphatic rings. The van der Waals surface area contributed by atoms with E-state index in [1.54, 1.807) is 0 Å². The Labute approximate surface area is 146 Å². The van der Waals surface area contributed by atoms with E-state index < -0.39 is 11.7 Å². The van der Waals surface area contributed by atoms with E-state index in [0.717, 1.165) is 37.7 Å². The van der Waals surface area contributed by atoms with Gasteiger partial charge in [0.05, 0.1) is 11.1 Å². The first-order chi connectivity index (χ1) is 11.7. The Morgan fingerprint density at radius 2 is 2.16 bits per heavy atom. The van der Waals surface area contributed by atoms with E-state index in [4.69, 9.17) is 11.5 Å². The fourth-order valence-corrected chi connectivity index (χ4v) is 3.87. The molecule has 1 aromatic carbocycles. The average Bonchev–Trinajstić information content (AvgIpc) is 3.09. The molecule has 25 heavy (non-hydrogen) atoms. The van der Waals surface area contributed by atoms with Crippen molar-refractivity contribution >= 4 is 22.5 Å². The molecule has 6 nitrogen and oxygen atoms in total. The third kappa shape index (κ3) is 3.00. The summed E-state index contributed by atoms with van der Waals surface area (Å²) in [5.41, 5.74) is 13.9. The Kier molecular flexibility index (Phi) is 4.28. The SMILES string of the molecule is CCN1CCC(C)(C(=C(C)N)c2nc3c(C(N)=O)cc(F)cc3[nH]2)C1. The fourth-order valence-electron chi connectivity index (χ4n) is 3.87. The van der Waals surface area contributed by atoms with Gasteiger partial charge >= 0.3 is 0 Å². The molecule has 0 bridgehead atoms. The van der Waals surface area contributed by atoms with Crippen molar-refractivity contribution in [1.82, 2.24) is 14.9 Å². The molecule has 1 unspecified atom stereocenters. The summed E-state index contributed by atoms with van der Waals surface area (Å²) in [5, 5.41) is 0. The number of benzene rings is 1. The molecule has 1 amide bonds. The van der Waals surface area contributed by atoms with E-state index in [1.165, 1.54) is 6.07 Å². The van der Waals surface area contributed by atoms with Gasteiger partial charge in [-0.2, -0.15) is 0 Å². The van der Waals surface area contributed by atoms with E-state index >= 15 is 0 Å². The lowest BCUT2D eigenvalue weighted by Gasteiger charge is -2.28. The van der Waals surface area contributed by atoms with Gasteiger partial charge in [0.1, 0.15) is 17.2 Å². The van der Waals surface area contributed by atoms with Crippen LogP contribution in [-0.4, -0.2) is 40.4 Å². The number of likely N-dealkylation sites (tertiary alicyclic amines) is 1. The predicted octanol–water partition coefficient (Wildman–Crippen LogP) is 2.22. The lowest BCUT2D eigenvalue weighted by molar-refractivity contribution is 0.100. The second-order valence-electron chi connectivity index (χ2n) is 7.04. The van der Waals surface area contributed by atoms with Crippen LogP contribution in [0.15, 0.2) is 17.8 Å². The highest BCUT2D eigenvalue weighted by atomic mass is 19.1. The van der Waals surface area contributed by atoms with E-state index in [0.29, 0.717) is 22.6 Å². The Bertz CT molecular complexity index is 868. The molecule has 0 spiro atoms. The quantitative estimate of drug-likeness (QED) is 0.791. The first-order valence-electron chi connectivity index (χ1n) is 8.44. The van der Waals surface area contributed by atoms with Crippen LogP contribution in [0.5, 0.6) is 0 Å². The zero-order chi connectivity index (χ0) is 18.4. The number of nitrogens with one attached hydrogen (secondary N) is 1. The molecule has 7 heteroatoms. The van der Waals surface area contributed by atoms with Crippen LogP contribution >= 0.6 is 0 Å². The van der Waals surface area contributed by atoms with Crippen molar-refractivity contribution in [2.24, 2.45) is 16.9 Å². The molecule has 0 aliphatic carbocycles. The second-order valence-corrected chi connectivity index (χ2v) is 7.04. The van der Waals surface area contributed by atoms with Gasteiger partial charge in [0.2, 0.25) is 0 Å². The van der Waals surface area contributed by atoms with Crippen LogP contribution in [0.25, 0.3) is 16.6 Å². The average molecular weight is 345 g/mol. The second kappa shape index (κ2) is 6.15. The maximum absolute atomic E-state index is 13.8. The number of allylic oxidation sites excluding steroid dienone is 1. The van der Waals surface area contributed by atoms with Crippen molar-refractivity contribution in [1.29, 1.82) is 0 Å². The van der Waals surface area contributed by atoms with Crippen LogP contribution in [-0.2, 0) is 0 Å². The number of hydrogen-bond acceptors (Lipinski definition) is 4. The minimum absolute atomic E-state index is 0.0679. The minimum Gasteiger partial charge on any atom is -0.402 e. The molecule has 1 aliphatic heterocycles. The number of halogens is 1. The predicted molar refractivity (Wildman–Crippen MR) is 96.2 cm³/mol. The van der Waals surface area contributed by atoms with Crippen molar-refractivity contribution in [3.8, 4) is 0 Å². The molecule has 2 aromatic rings. The summed E-state index contributed by atoms with van der Waals surface area (Å²) in [5.74, 6) is -0.666. The maximum atomic E-state index is 13.8. The standard InChI is InChI=1S/C18H24FN5O/c1-4-24-6-5-18(3,9-24)14(10(2)20)17-22-13-8-11(19)7-12(16(21)25)15(13)23-17/h7-8H,4-6,9,20H2,1-3H3,(H2,21,25)(H,22,23). The molecule has 0 saturated carbocycles. The van der Waals surface area contributed by atoms with Gasteiger partial charge in [-0.1, -0.05) is 13.8 Å². The van der Waals surface area contributed by atoms with Crippen LogP contribution in [0, 0.1) is 11.2 Å². The van der Waals surface area contributed by atoms with Crippen molar-refractivity contribution in [2.75, 3.05) is 19.6 Å². The number of carbonyl (C=O) groups excluding carboxylic acids is 1. The lowest BCUT2D eigenvalue weighted by atomic mass is 9.79. The molecule has 5 N–H and O–H groups in total. The molecule has 1 fully saturated rings. The van der Waals surface area contributed by atoms with Crippen LogP contribution in [0.1, 0.15) is 43.4 Å². The highest BCUT2D eigenvalue weighted by Gasteiger charge is 2.39. The summed E-state index contributed by atoms with van der Waals surface area (Å²) < 4.78 is 13.8. The molecular weight excluding hydrogens is 321 g/mol. The number of H-pyrrole nitrogens is 1. The summed E-state index contributed by atoms with van der Waals surface area (Å²) in [7, 11) is 0. The highest BCUT2D eigenvalue weighted by Crippen LogP contribution is 2.43. The zero-order valence-electron chi connectivity index (χ0n) is 14.8. The highest BCUT2D eigenvalue weighted by molar-refractivity contribution is 6.04. The number of hydrogen-bond donors (Lipinski definition) is 3. The van der Waals surface area contributed by atoms with Gasteiger partial charge in [-0.05, 0) is 38.6 Å². The third-order valence-electron chi connectivity index (χ3n) is 5.05. The number of carbonyl (C=O) groups is 1. The third-order valence-corrected chi connectivity index (χ3v) is 5.05. The van der Waals surface area contributed by atoms with Gasteiger partial charge in [-0.3, -0.25) is 4.79 Å². The first-order valence-corrected chi connectivity index (χ1v) is 8.44. The molecule has 3 rings (SSSR count). The lowest BCUT2D eigenvalue weighted by Crippen LogP contribution is -2.27. The number of nitrogens with zero attached hydrogens (tertiary/aromatic N) is 2.